The highest BCUT2D eigenvalue weighted by Crippen LogP contribution is 2.55. The Labute approximate surface area is 240 Å². The first-order chi connectivity index (χ1) is 19.5. The van der Waals surface area contributed by atoms with Gasteiger partial charge in [0.1, 0.15) is 12.4 Å². The zero-order valence-corrected chi connectivity index (χ0v) is 24.1. The number of methoxy groups -OCH3 is 1. The average molecular weight is 572 g/mol. The molecule has 1 aliphatic carbocycles. The third kappa shape index (κ3) is 5.69. The maximum atomic E-state index is 13.9. The number of carbonyl (C=O) groups is 2. The van der Waals surface area contributed by atoms with Crippen LogP contribution < -0.4 is 9.47 Å². The molecule has 1 aromatic carbocycles. The lowest BCUT2D eigenvalue weighted by molar-refractivity contribution is -0.179. The fourth-order valence-electron chi connectivity index (χ4n) is 6.84. The number of rotatable bonds is 11. The predicted octanol–water partition coefficient (Wildman–Crippen LogP) is 3.14. The molecule has 1 fully saturated rings. The maximum absolute atomic E-state index is 13.9. The smallest absolute Gasteiger partial charge is 0.339 e. The van der Waals surface area contributed by atoms with Crippen LogP contribution in [0.4, 0.5) is 0 Å². The molecule has 1 saturated heterocycles. The van der Waals surface area contributed by atoms with Crippen molar-refractivity contribution in [2.24, 2.45) is 0 Å². The van der Waals surface area contributed by atoms with E-state index in [2.05, 4.69) is 17.6 Å². The minimum atomic E-state index is -2.16. The molecule has 1 spiro atoms. The molecule has 3 aliphatic heterocycles. The predicted molar refractivity (Wildman–Crippen MR) is 148 cm³/mol. The van der Waals surface area contributed by atoms with Gasteiger partial charge in [-0.25, -0.2) is 4.79 Å². The van der Waals surface area contributed by atoms with Crippen LogP contribution in [0.3, 0.4) is 0 Å². The summed E-state index contributed by atoms with van der Waals surface area (Å²) in [4.78, 5) is 28.9. The van der Waals surface area contributed by atoms with Gasteiger partial charge in [0.05, 0.1) is 30.6 Å². The number of nitrogens with zero attached hydrogens (tertiary/aromatic N) is 1. The minimum absolute atomic E-state index is 0.0415. The summed E-state index contributed by atoms with van der Waals surface area (Å²) in [6.07, 6.45) is 5.24. The van der Waals surface area contributed by atoms with Crippen molar-refractivity contribution in [2.75, 3.05) is 33.6 Å². The number of ether oxygens (including phenoxy) is 5. The molecule has 5 rings (SSSR count). The summed E-state index contributed by atoms with van der Waals surface area (Å²) >= 11 is 0. The molecule has 0 bridgehead atoms. The zero-order valence-electron chi connectivity index (χ0n) is 24.1. The number of hydrogen-bond donors (Lipinski definition) is 2. The Bertz CT molecular complexity index is 1220. The molecule has 41 heavy (non-hydrogen) atoms. The largest absolute Gasteiger partial charge is 0.497 e. The SMILES string of the molecule is C=CCOC(=O)CC(O)(CCCC(C)(C)O)C(=O)OC1C(OC)=CC23CCCN2CCc2cc4c(cc2C13)OCO4. The molecule has 4 atom stereocenters. The molecule has 0 saturated carbocycles. The summed E-state index contributed by atoms with van der Waals surface area (Å²) in [6.45, 7) is 8.68. The van der Waals surface area contributed by atoms with E-state index < -0.39 is 41.2 Å². The normalized spacial score (nSPS) is 26.1. The van der Waals surface area contributed by atoms with Gasteiger partial charge >= 0.3 is 11.9 Å². The molecule has 224 valence electrons. The van der Waals surface area contributed by atoms with Gasteiger partial charge in [-0.3, -0.25) is 9.69 Å². The lowest BCUT2D eigenvalue weighted by atomic mass is 9.77. The lowest BCUT2D eigenvalue weighted by Crippen LogP contribution is -2.49. The second-order valence-corrected chi connectivity index (χ2v) is 12.1. The van der Waals surface area contributed by atoms with Crippen molar-refractivity contribution in [3.63, 3.8) is 0 Å². The number of esters is 2. The van der Waals surface area contributed by atoms with Crippen LogP contribution in [0.15, 0.2) is 36.6 Å². The van der Waals surface area contributed by atoms with E-state index in [1.807, 2.05) is 12.1 Å². The third-order valence-corrected chi connectivity index (χ3v) is 8.76. The van der Waals surface area contributed by atoms with Crippen LogP contribution in [0.25, 0.3) is 0 Å². The summed E-state index contributed by atoms with van der Waals surface area (Å²) in [5, 5.41) is 21.8. The zero-order chi connectivity index (χ0) is 29.4. The number of carbonyl (C=O) groups excluding carboxylic acids is 2. The summed E-state index contributed by atoms with van der Waals surface area (Å²) in [5.41, 5.74) is -1.50. The average Bonchev–Trinajstić information content (AvgIpc) is 3.60. The van der Waals surface area contributed by atoms with E-state index in [1.54, 1.807) is 21.0 Å². The number of aliphatic hydroxyl groups is 2. The highest BCUT2D eigenvalue weighted by atomic mass is 16.7. The first-order valence-corrected chi connectivity index (χ1v) is 14.4. The summed E-state index contributed by atoms with van der Waals surface area (Å²) in [7, 11) is 1.55. The topological polar surface area (TPSA) is 124 Å². The Hall–Kier alpha value is -3.08. The molecular formula is C31H41NO9. The Morgan fingerprint density at radius 3 is 2.66 bits per heavy atom. The second kappa shape index (κ2) is 11.3. The summed E-state index contributed by atoms with van der Waals surface area (Å²) in [5.74, 6) is -0.129. The molecule has 10 nitrogen and oxygen atoms in total. The van der Waals surface area contributed by atoms with Crippen LogP contribution >= 0.6 is 0 Å². The molecule has 4 aliphatic rings. The Balaban J connectivity index is 1.49. The van der Waals surface area contributed by atoms with Crippen LogP contribution in [0, 0.1) is 0 Å². The molecule has 10 heteroatoms. The fourth-order valence-corrected chi connectivity index (χ4v) is 6.84. The van der Waals surface area contributed by atoms with Gasteiger partial charge in [0, 0.05) is 6.54 Å². The van der Waals surface area contributed by atoms with Crippen LogP contribution in [0.2, 0.25) is 0 Å². The van der Waals surface area contributed by atoms with Gasteiger partial charge in [-0.05, 0) is 88.3 Å². The molecule has 0 aromatic heterocycles. The van der Waals surface area contributed by atoms with Crippen molar-refractivity contribution >= 4 is 11.9 Å². The second-order valence-electron chi connectivity index (χ2n) is 12.1. The van der Waals surface area contributed by atoms with Gasteiger partial charge in [0.15, 0.2) is 23.2 Å². The van der Waals surface area contributed by atoms with E-state index in [4.69, 9.17) is 23.7 Å². The number of hydrogen-bond acceptors (Lipinski definition) is 10. The van der Waals surface area contributed by atoms with Crippen molar-refractivity contribution in [1.29, 1.82) is 0 Å². The van der Waals surface area contributed by atoms with Crippen LogP contribution in [-0.4, -0.2) is 83.5 Å². The van der Waals surface area contributed by atoms with E-state index >= 15 is 0 Å². The summed E-state index contributed by atoms with van der Waals surface area (Å²) in [6, 6.07) is 4.00. The maximum Gasteiger partial charge on any atom is 0.339 e. The minimum Gasteiger partial charge on any atom is -0.497 e. The molecular weight excluding hydrogens is 530 g/mol. The van der Waals surface area contributed by atoms with Crippen molar-refractivity contribution in [3.05, 3.63) is 47.7 Å². The van der Waals surface area contributed by atoms with E-state index in [1.165, 1.54) is 6.08 Å². The Morgan fingerprint density at radius 2 is 1.95 bits per heavy atom. The van der Waals surface area contributed by atoms with Crippen molar-refractivity contribution < 1.29 is 43.5 Å². The van der Waals surface area contributed by atoms with Crippen molar-refractivity contribution in [3.8, 4) is 11.5 Å². The van der Waals surface area contributed by atoms with Gasteiger partial charge in [-0.1, -0.05) is 12.7 Å². The quantitative estimate of drug-likeness (QED) is 0.302. The van der Waals surface area contributed by atoms with Crippen molar-refractivity contribution in [2.45, 2.75) is 87.6 Å². The van der Waals surface area contributed by atoms with Crippen LogP contribution in [0.5, 0.6) is 11.5 Å². The van der Waals surface area contributed by atoms with E-state index in [0.29, 0.717) is 23.7 Å². The highest BCUT2D eigenvalue weighted by Gasteiger charge is 2.59. The molecule has 0 radical (unpaired) electrons. The molecule has 1 aromatic rings. The van der Waals surface area contributed by atoms with Gasteiger partial charge in [0.25, 0.3) is 0 Å². The van der Waals surface area contributed by atoms with E-state index in [-0.39, 0.29) is 32.2 Å². The van der Waals surface area contributed by atoms with Crippen LogP contribution in [-0.2, 0) is 30.2 Å². The van der Waals surface area contributed by atoms with Crippen molar-refractivity contribution in [1.82, 2.24) is 4.90 Å². The van der Waals surface area contributed by atoms with Gasteiger partial charge in [-0.15, -0.1) is 0 Å². The van der Waals surface area contributed by atoms with E-state index in [9.17, 15) is 19.8 Å². The Morgan fingerprint density at radius 1 is 1.20 bits per heavy atom. The van der Waals surface area contributed by atoms with Gasteiger partial charge in [0.2, 0.25) is 6.79 Å². The van der Waals surface area contributed by atoms with E-state index in [0.717, 1.165) is 43.5 Å². The molecule has 0 amide bonds. The molecule has 2 N–H and O–H groups in total. The molecule has 4 unspecified atom stereocenters. The lowest BCUT2D eigenvalue weighted by Gasteiger charge is -2.39. The standard InChI is InChI=1S/C31H41NO9/c1-5-14-38-25(33)18-31(36,11-6-9-29(2,3)35)28(34)41-27-24(37-4)17-30-10-7-12-32(30)13-8-20-15-22-23(40-19-39-22)16-21(20)26(27)30/h5,15-17,26-27,35-36H,1,6-14,18-19H2,2-4H3. The summed E-state index contributed by atoms with van der Waals surface area (Å²) < 4.78 is 28.5. The molecule has 3 heterocycles. The van der Waals surface area contributed by atoms with Crippen LogP contribution in [0.1, 0.15) is 69.4 Å². The highest BCUT2D eigenvalue weighted by molar-refractivity contribution is 5.86. The first-order valence-electron chi connectivity index (χ1n) is 14.4. The Kier molecular flexibility index (Phi) is 8.11. The number of benzene rings is 1. The fraction of sp³-hybridized carbons (Fsp3) is 0.613. The third-order valence-electron chi connectivity index (χ3n) is 8.76. The monoisotopic (exact) mass is 571 g/mol. The van der Waals surface area contributed by atoms with Gasteiger partial charge < -0.3 is 33.9 Å². The number of fused-ring (bicyclic) bond motifs is 3. The first kappa shape index (κ1) is 29.4. The van der Waals surface area contributed by atoms with Gasteiger partial charge in [-0.2, -0.15) is 0 Å².